The predicted molar refractivity (Wildman–Crippen MR) is 54.7 cm³/mol. The monoisotopic (exact) mass is 241 g/mol. The number of carbonyl (C=O) groups is 2. The summed E-state index contributed by atoms with van der Waals surface area (Å²) in [6.45, 7) is -0.512. The smallest absolute Gasteiger partial charge is 0.352 e. The van der Waals surface area contributed by atoms with Crippen molar-refractivity contribution in [3.63, 3.8) is 0 Å². The number of anilines is 1. The fraction of sp³-hybridized carbons (Fsp3) is 0.273. The van der Waals surface area contributed by atoms with Crippen LogP contribution in [-0.2, 0) is 20.2 Å². The van der Waals surface area contributed by atoms with Gasteiger partial charge in [-0.05, 0) is 6.07 Å². The molecule has 1 aliphatic heterocycles. The second kappa shape index (κ2) is 3.80. The first-order chi connectivity index (χ1) is 7.98. The number of methoxy groups -OCH3 is 1. The molecule has 0 radical (unpaired) electrons. The molecule has 1 aromatic carbocycles. The molecule has 0 fully saturated rings. The van der Waals surface area contributed by atoms with Crippen molar-refractivity contribution in [2.24, 2.45) is 0 Å². The number of fused-ring (bicyclic) bond motifs is 1. The SMILES string of the molecule is COC(=O)CN1C(=O)C(F)(F)c2ccccc21. The minimum absolute atomic E-state index is 0.0490. The number of para-hydroxylation sites is 1. The third kappa shape index (κ3) is 1.65. The molecular weight excluding hydrogens is 232 g/mol. The van der Waals surface area contributed by atoms with Crippen molar-refractivity contribution in [3.8, 4) is 0 Å². The lowest BCUT2D eigenvalue weighted by Gasteiger charge is -2.15. The van der Waals surface area contributed by atoms with E-state index in [1.54, 1.807) is 0 Å². The van der Waals surface area contributed by atoms with E-state index >= 15 is 0 Å². The van der Waals surface area contributed by atoms with Gasteiger partial charge in [0.2, 0.25) is 0 Å². The highest BCUT2D eigenvalue weighted by Crippen LogP contribution is 2.43. The minimum atomic E-state index is -3.58. The molecule has 0 aromatic heterocycles. The minimum Gasteiger partial charge on any atom is -0.468 e. The second-order valence-corrected chi connectivity index (χ2v) is 3.56. The number of halogens is 2. The van der Waals surface area contributed by atoms with Gasteiger partial charge in [-0.15, -0.1) is 0 Å². The van der Waals surface area contributed by atoms with Crippen LogP contribution in [0.15, 0.2) is 24.3 Å². The van der Waals surface area contributed by atoms with Crippen LogP contribution in [0.2, 0.25) is 0 Å². The van der Waals surface area contributed by atoms with Gasteiger partial charge in [0.25, 0.3) is 0 Å². The zero-order valence-corrected chi connectivity index (χ0v) is 8.94. The number of alkyl halides is 2. The number of benzene rings is 1. The molecule has 17 heavy (non-hydrogen) atoms. The number of rotatable bonds is 2. The highest BCUT2D eigenvalue weighted by molar-refractivity contribution is 6.08. The normalized spacial score (nSPS) is 16.9. The fourth-order valence-electron chi connectivity index (χ4n) is 1.72. The summed E-state index contributed by atoms with van der Waals surface area (Å²) < 4.78 is 31.5. The molecule has 0 aliphatic carbocycles. The van der Waals surface area contributed by atoms with Crippen LogP contribution in [0.5, 0.6) is 0 Å². The summed E-state index contributed by atoms with van der Waals surface area (Å²) in [4.78, 5) is 23.3. The van der Waals surface area contributed by atoms with E-state index in [1.807, 2.05) is 0 Å². The number of hydrogen-bond acceptors (Lipinski definition) is 3. The first kappa shape index (κ1) is 11.5. The Labute approximate surface area is 95.8 Å². The first-order valence-corrected chi connectivity index (χ1v) is 4.84. The number of esters is 1. The van der Waals surface area contributed by atoms with Gasteiger partial charge >= 0.3 is 17.8 Å². The van der Waals surface area contributed by atoms with E-state index in [4.69, 9.17) is 0 Å². The highest BCUT2D eigenvalue weighted by Gasteiger charge is 2.53. The van der Waals surface area contributed by atoms with Crippen molar-refractivity contribution in [1.82, 2.24) is 0 Å². The molecule has 0 unspecified atom stereocenters. The number of hydrogen-bond donors (Lipinski definition) is 0. The van der Waals surface area contributed by atoms with Crippen LogP contribution in [-0.4, -0.2) is 25.5 Å². The molecular formula is C11H9F2NO3. The van der Waals surface area contributed by atoms with Crippen LogP contribution in [0.1, 0.15) is 5.56 Å². The molecule has 2 rings (SSSR count). The lowest BCUT2D eigenvalue weighted by Crippen LogP contribution is -2.38. The van der Waals surface area contributed by atoms with Crippen molar-refractivity contribution in [1.29, 1.82) is 0 Å². The summed E-state index contributed by atoms with van der Waals surface area (Å²) in [5.74, 6) is -5.72. The van der Waals surface area contributed by atoms with Gasteiger partial charge in [0, 0.05) is 0 Å². The molecule has 90 valence electrons. The Morgan fingerprint density at radius 1 is 1.41 bits per heavy atom. The Hall–Kier alpha value is -1.98. The summed E-state index contributed by atoms with van der Waals surface area (Å²) in [5, 5.41) is 0. The Morgan fingerprint density at radius 2 is 2.06 bits per heavy atom. The topological polar surface area (TPSA) is 46.6 Å². The number of nitrogens with zero attached hydrogens (tertiary/aromatic N) is 1. The molecule has 0 N–H and O–H groups in total. The van der Waals surface area contributed by atoms with Crippen LogP contribution in [0.4, 0.5) is 14.5 Å². The third-order valence-electron chi connectivity index (χ3n) is 2.56. The number of carbonyl (C=O) groups excluding carboxylic acids is 2. The van der Waals surface area contributed by atoms with Gasteiger partial charge in [0.1, 0.15) is 6.54 Å². The largest absolute Gasteiger partial charge is 0.468 e. The van der Waals surface area contributed by atoms with Gasteiger partial charge in [0.05, 0.1) is 18.4 Å². The van der Waals surface area contributed by atoms with Crippen molar-refractivity contribution >= 4 is 17.6 Å². The summed E-state index contributed by atoms with van der Waals surface area (Å²) in [5.41, 5.74) is -0.332. The van der Waals surface area contributed by atoms with Gasteiger partial charge in [-0.1, -0.05) is 18.2 Å². The lowest BCUT2D eigenvalue weighted by molar-refractivity contribution is -0.145. The summed E-state index contributed by atoms with van der Waals surface area (Å²) in [6, 6.07) is 5.49. The Morgan fingerprint density at radius 3 is 2.71 bits per heavy atom. The third-order valence-corrected chi connectivity index (χ3v) is 2.56. The number of ether oxygens (including phenoxy) is 1. The standard InChI is InChI=1S/C11H9F2NO3/c1-17-9(15)6-14-8-5-3-2-4-7(8)11(12,13)10(14)16/h2-5H,6H2,1H3. The van der Waals surface area contributed by atoms with Gasteiger partial charge in [-0.2, -0.15) is 8.78 Å². The predicted octanol–water partition coefficient (Wildman–Crippen LogP) is 1.30. The van der Waals surface area contributed by atoms with Crippen LogP contribution in [0.3, 0.4) is 0 Å². The zero-order chi connectivity index (χ0) is 12.6. The summed E-state index contributed by atoms with van der Waals surface area (Å²) in [7, 11) is 1.13. The van der Waals surface area contributed by atoms with E-state index in [0.717, 1.165) is 12.0 Å². The fourth-order valence-corrected chi connectivity index (χ4v) is 1.72. The summed E-state index contributed by atoms with van der Waals surface area (Å²) >= 11 is 0. The zero-order valence-electron chi connectivity index (χ0n) is 8.94. The highest BCUT2D eigenvalue weighted by atomic mass is 19.3. The van der Waals surface area contributed by atoms with Gasteiger partial charge in [-0.3, -0.25) is 14.5 Å². The Bertz CT molecular complexity index is 487. The average Bonchev–Trinajstić information content (AvgIpc) is 2.51. The Kier molecular flexibility index (Phi) is 2.57. The molecule has 0 spiro atoms. The van der Waals surface area contributed by atoms with Gasteiger partial charge in [-0.25, -0.2) is 0 Å². The van der Waals surface area contributed by atoms with E-state index in [0.29, 0.717) is 0 Å². The van der Waals surface area contributed by atoms with Crippen LogP contribution in [0.25, 0.3) is 0 Å². The van der Waals surface area contributed by atoms with E-state index in [2.05, 4.69) is 4.74 Å². The van der Waals surface area contributed by atoms with Crippen LogP contribution < -0.4 is 4.90 Å². The maximum absolute atomic E-state index is 13.6. The van der Waals surface area contributed by atoms with E-state index < -0.39 is 24.3 Å². The van der Waals surface area contributed by atoms with Crippen molar-refractivity contribution in [2.75, 3.05) is 18.6 Å². The van der Waals surface area contributed by atoms with Crippen LogP contribution in [0, 0.1) is 0 Å². The maximum atomic E-state index is 13.6. The molecule has 0 atom stereocenters. The quantitative estimate of drug-likeness (QED) is 0.733. The molecule has 1 aliphatic rings. The van der Waals surface area contributed by atoms with E-state index in [1.165, 1.54) is 24.3 Å². The van der Waals surface area contributed by atoms with E-state index in [9.17, 15) is 18.4 Å². The maximum Gasteiger partial charge on any atom is 0.352 e. The lowest BCUT2D eigenvalue weighted by atomic mass is 10.1. The molecule has 0 saturated carbocycles. The van der Waals surface area contributed by atoms with Crippen molar-refractivity contribution in [2.45, 2.75) is 5.92 Å². The molecule has 6 heteroatoms. The molecule has 0 bridgehead atoms. The van der Waals surface area contributed by atoms with Crippen LogP contribution >= 0.6 is 0 Å². The number of amides is 1. The average molecular weight is 241 g/mol. The molecule has 1 amide bonds. The van der Waals surface area contributed by atoms with Crippen molar-refractivity contribution < 1.29 is 23.1 Å². The van der Waals surface area contributed by atoms with Crippen molar-refractivity contribution in [3.05, 3.63) is 29.8 Å². The van der Waals surface area contributed by atoms with Gasteiger partial charge in [0.15, 0.2) is 0 Å². The molecule has 1 aromatic rings. The molecule has 0 saturated heterocycles. The van der Waals surface area contributed by atoms with Gasteiger partial charge < -0.3 is 4.74 Å². The van der Waals surface area contributed by atoms with E-state index in [-0.39, 0.29) is 11.3 Å². The molecule has 1 heterocycles. The molecule has 4 nitrogen and oxygen atoms in total. The Balaban J connectivity index is 2.43. The summed E-state index contributed by atoms with van der Waals surface area (Å²) in [6.07, 6.45) is 0. The second-order valence-electron chi connectivity index (χ2n) is 3.56. The first-order valence-electron chi connectivity index (χ1n) is 4.84.